The van der Waals surface area contributed by atoms with Gasteiger partial charge in [-0.15, -0.1) is 0 Å². The van der Waals surface area contributed by atoms with Crippen molar-refractivity contribution in [2.45, 2.75) is 38.6 Å². The van der Waals surface area contributed by atoms with Crippen LogP contribution in [0.4, 0.5) is 0 Å². The van der Waals surface area contributed by atoms with Crippen LogP contribution < -0.4 is 5.32 Å². The van der Waals surface area contributed by atoms with E-state index in [0.29, 0.717) is 5.41 Å². The molecule has 0 aromatic carbocycles. The summed E-state index contributed by atoms with van der Waals surface area (Å²) >= 11 is 0. The van der Waals surface area contributed by atoms with Crippen LogP contribution in [0.3, 0.4) is 0 Å². The Balaban J connectivity index is 1.79. The summed E-state index contributed by atoms with van der Waals surface area (Å²) in [6.45, 7) is 6.10. The molecular formula is C11H22N2. The fraction of sp³-hybridized carbons (Fsp3) is 1.00. The van der Waals surface area contributed by atoms with Crippen LogP contribution in [0.25, 0.3) is 0 Å². The topological polar surface area (TPSA) is 15.3 Å². The molecule has 2 fully saturated rings. The highest BCUT2D eigenvalue weighted by molar-refractivity contribution is 4.91. The van der Waals surface area contributed by atoms with Gasteiger partial charge >= 0.3 is 0 Å². The van der Waals surface area contributed by atoms with Gasteiger partial charge in [0.05, 0.1) is 0 Å². The third kappa shape index (κ3) is 2.05. The van der Waals surface area contributed by atoms with Crippen molar-refractivity contribution in [1.82, 2.24) is 10.2 Å². The van der Waals surface area contributed by atoms with Gasteiger partial charge in [-0.05, 0) is 19.9 Å². The minimum absolute atomic E-state index is 0.567. The van der Waals surface area contributed by atoms with Crippen LogP contribution in [-0.2, 0) is 0 Å². The molecule has 1 aliphatic heterocycles. The highest BCUT2D eigenvalue weighted by atomic mass is 15.2. The number of nitrogens with zero attached hydrogens (tertiary/aromatic N) is 1. The predicted octanol–water partition coefficient (Wildman–Crippen LogP) is 1.47. The number of hydrogen-bond acceptors (Lipinski definition) is 2. The highest BCUT2D eigenvalue weighted by Crippen LogP contribution is 2.27. The third-order valence-corrected chi connectivity index (χ3v) is 3.68. The zero-order valence-electron chi connectivity index (χ0n) is 8.97. The van der Waals surface area contributed by atoms with E-state index >= 15 is 0 Å². The Labute approximate surface area is 81.7 Å². The summed E-state index contributed by atoms with van der Waals surface area (Å²) in [5, 5.41) is 3.37. The molecule has 1 saturated heterocycles. The number of rotatable bonds is 3. The van der Waals surface area contributed by atoms with E-state index in [2.05, 4.69) is 24.2 Å². The van der Waals surface area contributed by atoms with E-state index in [1.807, 2.05) is 0 Å². The molecule has 2 rings (SSSR count). The molecule has 0 aromatic heterocycles. The molecule has 0 radical (unpaired) electrons. The second-order valence-electron chi connectivity index (χ2n) is 5.27. The molecule has 1 heterocycles. The lowest BCUT2D eigenvalue weighted by atomic mass is 9.83. The summed E-state index contributed by atoms with van der Waals surface area (Å²) in [6, 6.07) is 0.887. The maximum absolute atomic E-state index is 3.37. The van der Waals surface area contributed by atoms with Gasteiger partial charge in [0.15, 0.2) is 0 Å². The Morgan fingerprint density at radius 3 is 2.38 bits per heavy atom. The van der Waals surface area contributed by atoms with Crippen molar-refractivity contribution < 1.29 is 0 Å². The molecule has 2 heteroatoms. The second-order valence-corrected chi connectivity index (χ2v) is 5.27. The van der Waals surface area contributed by atoms with Gasteiger partial charge in [0, 0.05) is 31.1 Å². The van der Waals surface area contributed by atoms with Gasteiger partial charge in [-0.2, -0.15) is 0 Å². The summed E-state index contributed by atoms with van der Waals surface area (Å²) < 4.78 is 0. The van der Waals surface area contributed by atoms with Crippen LogP contribution in [0.15, 0.2) is 0 Å². The Bertz CT molecular complexity index is 169. The van der Waals surface area contributed by atoms with Crippen molar-refractivity contribution >= 4 is 0 Å². The van der Waals surface area contributed by atoms with E-state index in [1.54, 1.807) is 0 Å². The van der Waals surface area contributed by atoms with Crippen LogP contribution in [0.2, 0.25) is 0 Å². The lowest BCUT2D eigenvalue weighted by Crippen LogP contribution is -2.57. The third-order valence-electron chi connectivity index (χ3n) is 3.68. The Morgan fingerprint density at radius 1 is 1.31 bits per heavy atom. The molecule has 2 nitrogen and oxygen atoms in total. The smallest absolute Gasteiger partial charge is 0.00924 e. The molecule has 13 heavy (non-hydrogen) atoms. The van der Waals surface area contributed by atoms with Gasteiger partial charge < -0.3 is 10.2 Å². The Hall–Kier alpha value is -0.0800. The maximum atomic E-state index is 3.37. The molecule has 0 atom stereocenters. The quantitative estimate of drug-likeness (QED) is 0.711. The van der Waals surface area contributed by atoms with Crippen molar-refractivity contribution in [1.29, 1.82) is 0 Å². The monoisotopic (exact) mass is 182 g/mol. The Kier molecular flexibility index (Phi) is 2.61. The molecule has 1 aliphatic carbocycles. The minimum Gasteiger partial charge on any atom is -0.315 e. The summed E-state index contributed by atoms with van der Waals surface area (Å²) in [6.07, 6.45) is 5.76. The second kappa shape index (κ2) is 3.58. The molecule has 1 saturated carbocycles. The fourth-order valence-corrected chi connectivity index (χ4v) is 2.74. The standard InChI is InChI=1S/C11H22N2/c1-11(7-12-8-11)9-13(2)10-5-3-4-6-10/h10,12H,3-9H2,1-2H3. The maximum Gasteiger partial charge on any atom is 0.00924 e. The van der Waals surface area contributed by atoms with Crippen molar-refractivity contribution in [2.24, 2.45) is 5.41 Å². The van der Waals surface area contributed by atoms with Crippen molar-refractivity contribution in [3.05, 3.63) is 0 Å². The first kappa shape index (κ1) is 9.47. The Morgan fingerprint density at radius 2 is 1.92 bits per heavy atom. The van der Waals surface area contributed by atoms with Crippen LogP contribution in [0.1, 0.15) is 32.6 Å². The summed E-state index contributed by atoms with van der Waals surface area (Å²) in [7, 11) is 2.31. The minimum atomic E-state index is 0.567. The van der Waals surface area contributed by atoms with Crippen LogP contribution >= 0.6 is 0 Å². The normalized spacial score (nSPS) is 27.9. The summed E-state index contributed by atoms with van der Waals surface area (Å²) in [5.74, 6) is 0. The van der Waals surface area contributed by atoms with E-state index in [-0.39, 0.29) is 0 Å². The van der Waals surface area contributed by atoms with Crippen molar-refractivity contribution in [3.8, 4) is 0 Å². The van der Waals surface area contributed by atoms with E-state index < -0.39 is 0 Å². The summed E-state index contributed by atoms with van der Waals surface area (Å²) in [4.78, 5) is 2.59. The number of nitrogens with one attached hydrogen (secondary N) is 1. The van der Waals surface area contributed by atoms with Gasteiger partial charge in [-0.3, -0.25) is 0 Å². The largest absolute Gasteiger partial charge is 0.315 e. The molecule has 1 N–H and O–H groups in total. The fourth-order valence-electron chi connectivity index (χ4n) is 2.74. The zero-order chi connectivity index (χ0) is 9.31. The average Bonchev–Trinajstić information content (AvgIpc) is 2.53. The van der Waals surface area contributed by atoms with Gasteiger partial charge in [-0.1, -0.05) is 19.8 Å². The van der Waals surface area contributed by atoms with Crippen molar-refractivity contribution in [2.75, 3.05) is 26.7 Å². The van der Waals surface area contributed by atoms with E-state index in [9.17, 15) is 0 Å². The SMILES string of the molecule is CN(CC1(C)CNC1)C1CCCC1. The molecule has 2 aliphatic rings. The highest BCUT2D eigenvalue weighted by Gasteiger charge is 2.34. The van der Waals surface area contributed by atoms with Gasteiger partial charge in [0.25, 0.3) is 0 Å². The molecule has 0 amide bonds. The lowest BCUT2D eigenvalue weighted by Gasteiger charge is -2.43. The molecule has 76 valence electrons. The molecular weight excluding hydrogens is 160 g/mol. The zero-order valence-corrected chi connectivity index (χ0v) is 8.97. The van der Waals surface area contributed by atoms with Gasteiger partial charge in [0.1, 0.15) is 0 Å². The average molecular weight is 182 g/mol. The first-order valence-corrected chi connectivity index (χ1v) is 5.61. The summed E-state index contributed by atoms with van der Waals surface area (Å²) in [5.41, 5.74) is 0.567. The first-order valence-electron chi connectivity index (χ1n) is 5.61. The molecule has 0 bridgehead atoms. The van der Waals surface area contributed by atoms with E-state index in [0.717, 1.165) is 6.04 Å². The predicted molar refractivity (Wildman–Crippen MR) is 55.9 cm³/mol. The molecule has 0 unspecified atom stereocenters. The van der Waals surface area contributed by atoms with Crippen LogP contribution in [-0.4, -0.2) is 37.6 Å². The van der Waals surface area contributed by atoms with E-state index in [1.165, 1.54) is 45.3 Å². The van der Waals surface area contributed by atoms with Gasteiger partial charge in [-0.25, -0.2) is 0 Å². The van der Waals surface area contributed by atoms with Crippen LogP contribution in [0.5, 0.6) is 0 Å². The lowest BCUT2D eigenvalue weighted by molar-refractivity contribution is 0.0994. The van der Waals surface area contributed by atoms with Crippen LogP contribution in [0, 0.1) is 5.41 Å². The number of hydrogen-bond donors (Lipinski definition) is 1. The van der Waals surface area contributed by atoms with Crippen molar-refractivity contribution in [3.63, 3.8) is 0 Å². The van der Waals surface area contributed by atoms with Gasteiger partial charge in [0.2, 0.25) is 0 Å². The molecule has 0 spiro atoms. The molecule has 0 aromatic rings. The first-order chi connectivity index (χ1) is 6.20. The van der Waals surface area contributed by atoms with E-state index in [4.69, 9.17) is 0 Å².